The van der Waals surface area contributed by atoms with Gasteiger partial charge in [0.2, 0.25) is 5.78 Å². The summed E-state index contributed by atoms with van der Waals surface area (Å²) in [6.07, 6.45) is 5.48. The van der Waals surface area contributed by atoms with Crippen molar-refractivity contribution in [1.29, 1.82) is 5.26 Å². The van der Waals surface area contributed by atoms with Crippen molar-refractivity contribution in [2.45, 2.75) is 33.2 Å². The van der Waals surface area contributed by atoms with Crippen molar-refractivity contribution < 1.29 is 4.79 Å². The fraction of sp³-hybridized carbons (Fsp3) is 0.192. The van der Waals surface area contributed by atoms with Gasteiger partial charge in [0, 0.05) is 40.2 Å². The number of rotatable bonds is 6. The quantitative estimate of drug-likeness (QED) is 0.148. The first-order valence-corrected chi connectivity index (χ1v) is 10.7. The van der Waals surface area contributed by atoms with Crippen molar-refractivity contribution >= 4 is 45.3 Å². The predicted octanol–water partition coefficient (Wildman–Crippen LogP) is 6.74. The highest BCUT2D eigenvalue weighted by atomic mass is 35.5. The number of hydrogen-bond acceptors (Lipinski definition) is 3. The van der Waals surface area contributed by atoms with Crippen molar-refractivity contribution in [3.05, 3.63) is 82.1 Å². The third kappa shape index (κ3) is 4.10. The van der Waals surface area contributed by atoms with Crippen LogP contribution in [0.2, 0.25) is 5.15 Å². The SMILES string of the molecule is CCCCn1cc(C(=O)/C(C#N)=C/c2cc3cc(C)ccc3nc2Cl)c2ccccc21. The van der Waals surface area contributed by atoms with Crippen LogP contribution in [0.25, 0.3) is 27.9 Å². The van der Waals surface area contributed by atoms with Crippen LogP contribution in [0.5, 0.6) is 0 Å². The summed E-state index contributed by atoms with van der Waals surface area (Å²) in [7, 11) is 0. The van der Waals surface area contributed by atoms with E-state index in [1.165, 1.54) is 6.08 Å². The van der Waals surface area contributed by atoms with Gasteiger partial charge in [0.05, 0.1) is 5.52 Å². The second-order valence-electron chi connectivity index (χ2n) is 7.67. The van der Waals surface area contributed by atoms with Crippen LogP contribution >= 0.6 is 11.6 Å². The first-order chi connectivity index (χ1) is 15.0. The Hall–Kier alpha value is -3.42. The zero-order valence-electron chi connectivity index (χ0n) is 17.5. The lowest BCUT2D eigenvalue weighted by atomic mass is 10.0. The van der Waals surface area contributed by atoms with E-state index in [1.54, 1.807) is 0 Å². The minimum Gasteiger partial charge on any atom is -0.347 e. The van der Waals surface area contributed by atoms with Gasteiger partial charge in [0.25, 0.3) is 0 Å². The van der Waals surface area contributed by atoms with Crippen LogP contribution in [0.3, 0.4) is 0 Å². The molecule has 4 nitrogen and oxygen atoms in total. The molecule has 4 rings (SSSR count). The molecule has 2 aromatic carbocycles. The van der Waals surface area contributed by atoms with Crippen LogP contribution in [0.1, 0.15) is 41.3 Å². The summed E-state index contributed by atoms with van der Waals surface area (Å²) in [4.78, 5) is 17.8. The average molecular weight is 428 g/mol. The van der Waals surface area contributed by atoms with Gasteiger partial charge in [0.15, 0.2) is 0 Å². The maximum absolute atomic E-state index is 13.3. The van der Waals surface area contributed by atoms with E-state index >= 15 is 0 Å². The van der Waals surface area contributed by atoms with Crippen LogP contribution in [0.15, 0.2) is 60.3 Å². The molecule has 5 heteroatoms. The Labute approximate surface area is 186 Å². The van der Waals surface area contributed by atoms with Gasteiger partial charge in [-0.1, -0.05) is 54.8 Å². The molecule has 0 aliphatic carbocycles. The van der Waals surface area contributed by atoms with Crippen molar-refractivity contribution in [1.82, 2.24) is 9.55 Å². The Morgan fingerprint density at radius 2 is 2.03 bits per heavy atom. The zero-order chi connectivity index (χ0) is 22.0. The Kier molecular flexibility index (Phi) is 5.88. The zero-order valence-corrected chi connectivity index (χ0v) is 18.3. The minimum absolute atomic E-state index is 0.0362. The maximum atomic E-state index is 13.3. The molecule has 154 valence electrons. The highest BCUT2D eigenvalue weighted by molar-refractivity contribution is 6.31. The van der Waals surface area contributed by atoms with Gasteiger partial charge in [-0.2, -0.15) is 5.26 Å². The summed E-state index contributed by atoms with van der Waals surface area (Å²) in [6.45, 7) is 4.97. The van der Waals surface area contributed by atoms with Crippen LogP contribution in [0.4, 0.5) is 0 Å². The molecule has 0 N–H and O–H groups in total. The van der Waals surface area contributed by atoms with Gasteiger partial charge in [0.1, 0.15) is 16.8 Å². The lowest BCUT2D eigenvalue weighted by molar-refractivity contribution is 0.104. The standard InChI is InChI=1S/C26H22ClN3O/c1-3-4-11-30-16-22(21-7-5-6-8-24(21)30)25(31)20(15-28)14-19-13-18-12-17(2)9-10-23(18)29-26(19)27/h5-10,12-14,16H,3-4,11H2,1-2H3/b20-14+. The van der Waals surface area contributed by atoms with Gasteiger partial charge in [-0.15, -0.1) is 0 Å². The number of pyridine rings is 1. The van der Waals surface area contributed by atoms with Crippen LogP contribution < -0.4 is 0 Å². The molecule has 31 heavy (non-hydrogen) atoms. The number of para-hydroxylation sites is 1. The number of carbonyl (C=O) groups is 1. The lowest BCUT2D eigenvalue weighted by Crippen LogP contribution is -2.02. The number of aryl methyl sites for hydroxylation is 2. The van der Waals surface area contributed by atoms with Gasteiger partial charge in [-0.3, -0.25) is 4.79 Å². The third-order valence-electron chi connectivity index (χ3n) is 5.40. The first-order valence-electron chi connectivity index (χ1n) is 10.3. The molecule has 0 amide bonds. The Balaban J connectivity index is 1.79. The van der Waals surface area contributed by atoms with Crippen LogP contribution in [-0.4, -0.2) is 15.3 Å². The number of allylic oxidation sites excluding steroid dienone is 1. The van der Waals surface area contributed by atoms with E-state index in [-0.39, 0.29) is 16.5 Å². The predicted molar refractivity (Wildman–Crippen MR) is 126 cm³/mol. The molecule has 0 aliphatic heterocycles. The number of aromatic nitrogens is 2. The Morgan fingerprint density at radius 3 is 2.81 bits per heavy atom. The van der Waals surface area contributed by atoms with Crippen molar-refractivity contribution in [2.75, 3.05) is 0 Å². The molecule has 0 aliphatic rings. The van der Waals surface area contributed by atoms with E-state index in [9.17, 15) is 10.1 Å². The van der Waals surface area contributed by atoms with Crippen molar-refractivity contribution in [3.63, 3.8) is 0 Å². The molecule has 2 aromatic heterocycles. The van der Waals surface area contributed by atoms with Gasteiger partial charge in [-0.05, 0) is 43.7 Å². The molecule has 0 saturated carbocycles. The van der Waals surface area contributed by atoms with Gasteiger partial charge in [-0.25, -0.2) is 4.98 Å². The largest absolute Gasteiger partial charge is 0.347 e. The average Bonchev–Trinajstić information content (AvgIpc) is 3.14. The molecule has 2 heterocycles. The highest BCUT2D eigenvalue weighted by Gasteiger charge is 2.19. The molecular weight excluding hydrogens is 406 g/mol. The fourth-order valence-corrected chi connectivity index (χ4v) is 3.98. The maximum Gasteiger partial charge on any atom is 0.205 e. The van der Waals surface area contributed by atoms with Crippen LogP contribution in [-0.2, 0) is 6.54 Å². The number of halogens is 1. The van der Waals surface area contributed by atoms with E-state index in [0.29, 0.717) is 11.1 Å². The second kappa shape index (κ2) is 8.75. The number of ketones is 1. The number of nitriles is 1. The Morgan fingerprint density at radius 1 is 1.23 bits per heavy atom. The van der Waals surface area contributed by atoms with E-state index in [0.717, 1.165) is 46.8 Å². The first kappa shape index (κ1) is 20.8. The van der Waals surface area contributed by atoms with E-state index < -0.39 is 0 Å². The van der Waals surface area contributed by atoms with Crippen molar-refractivity contribution in [2.24, 2.45) is 0 Å². The highest BCUT2D eigenvalue weighted by Crippen LogP contribution is 2.27. The normalized spacial score (nSPS) is 11.7. The monoisotopic (exact) mass is 427 g/mol. The molecule has 0 spiro atoms. The molecule has 0 radical (unpaired) electrons. The molecule has 0 atom stereocenters. The van der Waals surface area contributed by atoms with E-state index in [1.807, 2.05) is 61.7 Å². The summed E-state index contributed by atoms with van der Waals surface area (Å²) in [6, 6.07) is 17.6. The number of nitrogens with zero attached hydrogens (tertiary/aromatic N) is 3. The smallest absolute Gasteiger partial charge is 0.205 e. The number of unbranched alkanes of at least 4 members (excludes halogenated alkanes) is 1. The number of benzene rings is 2. The number of Topliss-reactive ketones (excluding diaryl/α,β-unsaturated/α-hetero) is 1. The lowest BCUT2D eigenvalue weighted by Gasteiger charge is -2.04. The summed E-state index contributed by atoms with van der Waals surface area (Å²) < 4.78 is 2.09. The van der Waals surface area contributed by atoms with Gasteiger partial charge >= 0.3 is 0 Å². The third-order valence-corrected chi connectivity index (χ3v) is 5.70. The number of carbonyl (C=O) groups excluding carboxylic acids is 1. The van der Waals surface area contributed by atoms with E-state index in [4.69, 9.17) is 11.6 Å². The molecule has 4 aromatic rings. The molecule has 0 unspecified atom stereocenters. The fourth-order valence-electron chi connectivity index (χ4n) is 3.78. The summed E-state index contributed by atoms with van der Waals surface area (Å²) in [5.74, 6) is -0.311. The Bertz CT molecular complexity index is 1370. The summed E-state index contributed by atoms with van der Waals surface area (Å²) >= 11 is 6.37. The van der Waals surface area contributed by atoms with Crippen molar-refractivity contribution in [3.8, 4) is 6.07 Å². The number of hydrogen-bond donors (Lipinski definition) is 0. The summed E-state index contributed by atoms with van der Waals surface area (Å²) in [5.41, 5.74) is 3.99. The number of fused-ring (bicyclic) bond motifs is 2. The van der Waals surface area contributed by atoms with Crippen LogP contribution in [0, 0.1) is 18.3 Å². The summed E-state index contributed by atoms with van der Waals surface area (Å²) in [5, 5.41) is 11.8. The molecule has 0 saturated heterocycles. The molecule has 0 bridgehead atoms. The topological polar surface area (TPSA) is 58.7 Å². The molecule has 0 fully saturated rings. The van der Waals surface area contributed by atoms with E-state index in [2.05, 4.69) is 22.5 Å². The molecular formula is C26H22ClN3O. The minimum atomic E-state index is -0.311. The van der Waals surface area contributed by atoms with Gasteiger partial charge < -0.3 is 4.57 Å². The second-order valence-corrected chi connectivity index (χ2v) is 8.03.